The van der Waals surface area contributed by atoms with E-state index in [1.807, 2.05) is 44.1 Å². The van der Waals surface area contributed by atoms with Crippen LogP contribution in [0.3, 0.4) is 0 Å². The molecule has 0 fully saturated rings. The molecule has 0 atom stereocenters. The van der Waals surface area contributed by atoms with Gasteiger partial charge in [-0.25, -0.2) is 8.42 Å². The molecular formula is C21H29N3O4S. The molecule has 1 amide bonds. The summed E-state index contributed by atoms with van der Waals surface area (Å²) in [6.07, 6.45) is 0. The number of aryl methyl sites for hydroxylation is 1. The summed E-state index contributed by atoms with van der Waals surface area (Å²) in [6, 6.07) is 12.2. The summed E-state index contributed by atoms with van der Waals surface area (Å²) >= 11 is 0. The van der Waals surface area contributed by atoms with E-state index < -0.39 is 10.0 Å². The molecule has 158 valence electrons. The standard InChI is InChI=1S/C21H29N3O4S/c1-6-24(7-2)29(26,27)17-12-13-19(23(4)5)18(14-17)22-21(25)15-28-20-11-9-8-10-16(20)3/h8-14H,6-7,15H2,1-5H3,(H,22,25). The van der Waals surface area contributed by atoms with E-state index in [2.05, 4.69) is 5.32 Å². The van der Waals surface area contributed by atoms with Gasteiger partial charge < -0.3 is 15.0 Å². The monoisotopic (exact) mass is 419 g/mol. The lowest BCUT2D eigenvalue weighted by Gasteiger charge is -2.22. The van der Waals surface area contributed by atoms with Crippen molar-refractivity contribution in [3.63, 3.8) is 0 Å². The van der Waals surface area contributed by atoms with E-state index in [0.717, 1.165) is 5.56 Å². The van der Waals surface area contributed by atoms with Gasteiger partial charge >= 0.3 is 0 Å². The van der Waals surface area contributed by atoms with Crippen molar-refractivity contribution in [3.05, 3.63) is 48.0 Å². The average molecular weight is 420 g/mol. The van der Waals surface area contributed by atoms with Gasteiger partial charge in [0.05, 0.1) is 16.3 Å². The molecule has 8 heteroatoms. The van der Waals surface area contributed by atoms with Gasteiger partial charge in [-0.05, 0) is 36.8 Å². The molecular weight excluding hydrogens is 390 g/mol. The molecule has 0 saturated carbocycles. The van der Waals surface area contributed by atoms with Crippen LogP contribution in [0, 0.1) is 6.92 Å². The predicted molar refractivity (Wildman–Crippen MR) is 116 cm³/mol. The van der Waals surface area contributed by atoms with Crippen molar-refractivity contribution >= 4 is 27.3 Å². The lowest BCUT2D eigenvalue weighted by atomic mass is 10.2. The zero-order valence-corrected chi connectivity index (χ0v) is 18.4. The number of hydrogen-bond donors (Lipinski definition) is 1. The summed E-state index contributed by atoms with van der Waals surface area (Å²) in [6.45, 7) is 6.06. The molecule has 1 N–H and O–H groups in total. The number of carbonyl (C=O) groups is 1. The van der Waals surface area contributed by atoms with E-state index in [4.69, 9.17) is 4.74 Å². The van der Waals surface area contributed by atoms with Crippen molar-refractivity contribution in [2.24, 2.45) is 0 Å². The SMILES string of the molecule is CCN(CC)S(=O)(=O)c1ccc(N(C)C)c(NC(=O)COc2ccccc2C)c1. The van der Waals surface area contributed by atoms with Gasteiger partial charge in [0.25, 0.3) is 5.91 Å². The Bertz CT molecular complexity index is 954. The fourth-order valence-corrected chi connectivity index (χ4v) is 4.41. The van der Waals surface area contributed by atoms with E-state index in [9.17, 15) is 13.2 Å². The van der Waals surface area contributed by atoms with Gasteiger partial charge in [-0.15, -0.1) is 0 Å². The minimum Gasteiger partial charge on any atom is -0.483 e. The zero-order valence-electron chi connectivity index (χ0n) is 17.6. The summed E-state index contributed by atoms with van der Waals surface area (Å²) in [4.78, 5) is 14.4. The molecule has 0 aliphatic rings. The Labute approximate surface area is 173 Å². The first-order chi connectivity index (χ1) is 13.7. The number of para-hydroxylation sites is 1. The molecule has 0 heterocycles. The van der Waals surface area contributed by atoms with Crippen LogP contribution in [0.5, 0.6) is 5.75 Å². The number of carbonyl (C=O) groups excluding carboxylic acids is 1. The third-order valence-corrected chi connectivity index (χ3v) is 6.57. The van der Waals surface area contributed by atoms with Gasteiger partial charge in [-0.1, -0.05) is 32.0 Å². The van der Waals surface area contributed by atoms with Gasteiger partial charge in [-0.2, -0.15) is 4.31 Å². The van der Waals surface area contributed by atoms with E-state index in [1.54, 1.807) is 32.0 Å². The van der Waals surface area contributed by atoms with Crippen LogP contribution < -0.4 is 15.0 Å². The zero-order chi connectivity index (χ0) is 21.6. The smallest absolute Gasteiger partial charge is 0.262 e. The summed E-state index contributed by atoms with van der Waals surface area (Å²) in [5.41, 5.74) is 2.05. The van der Waals surface area contributed by atoms with Gasteiger partial charge in [0.1, 0.15) is 5.75 Å². The predicted octanol–water partition coefficient (Wildman–Crippen LogP) is 3.11. The van der Waals surface area contributed by atoms with Crippen LogP contribution in [0.1, 0.15) is 19.4 Å². The molecule has 0 aliphatic heterocycles. The van der Waals surface area contributed by atoms with Crippen LogP contribution in [0.4, 0.5) is 11.4 Å². The number of ether oxygens (including phenoxy) is 1. The van der Waals surface area contributed by atoms with Crippen molar-refractivity contribution in [1.29, 1.82) is 0 Å². The quantitative estimate of drug-likeness (QED) is 0.676. The highest BCUT2D eigenvalue weighted by Gasteiger charge is 2.23. The van der Waals surface area contributed by atoms with Crippen molar-refractivity contribution < 1.29 is 17.9 Å². The molecule has 0 aliphatic carbocycles. The Morgan fingerprint density at radius 3 is 2.31 bits per heavy atom. The molecule has 0 saturated heterocycles. The topological polar surface area (TPSA) is 79.0 Å². The van der Waals surface area contributed by atoms with E-state index in [0.29, 0.717) is 30.2 Å². The molecule has 0 radical (unpaired) electrons. The molecule has 2 aromatic rings. The molecule has 0 spiro atoms. The van der Waals surface area contributed by atoms with Gasteiger partial charge in [0.15, 0.2) is 6.61 Å². The van der Waals surface area contributed by atoms with Crippen LogP contribution in [0.2, 0.25) is 0 Å². The summed E-state index contributed by atoms with van der Waals surface area (Å²) in [7, 11) is 0.0230. The Morgan fingerprint density at radius 1 is 1.07 bits per heavy atom. The number of benzene rings is 2. The van der Waals surface area contributed by atoms with Crippen LogP contribution in [0.25, 0.3) is 0 Å². The highest BCUT2D eigenvalue weighted by Crippen LogP contribution is 2.29. The molecule has 0 bridgehead atoms. The number of nitrogens with one attached hydrogen (secondary N) is 1. The fraction of sp³-hybridized carbons (Fsp3) is 0.381. The highest BCUT2D eigenvalue weighted by molar-refractivity contribution is 7.89. The first-order valence-corrected chi connectivity index (χ1v) is 10.9. The second kappa shape index (κ2) is 9.76. The number of sulfonamides is 1. The maximum absolute atomic E-state index is 12.8. The average Bonchev–Trinajstić information content (AvgIpc) is 2.67. The van der Waals surface area contributed by atoms with Gasteiger partial charge in [-0.3, -0.25) is 4.79 Å². The van der Waals surface area contributed by atoms with Gasteiger partial charge in [0.2, 0.25) is 10.0 Å². The fourth-order valence-electron chi connectivity index (χ4n) is 2.93. The Morgan fingerprint density at radius 2 is 1.72 bits per heavy atom. The number of rotatable bonds is 9. The Hall–Kier alpha value is -2.58. The molecule has 29 heavy (non-hydrogen) atoms. The first-order valence-electron chi connectivity index (χ1n) is 9.50. The molecule has 0 unspecified atom stereocenters. The van der Waals surface area contributed by atoms with Crippen molar-refractivity contribution in [2.45, 2.75) is 25.7 Å². The maximum Gasteiger partial charge on any atom is 0.262 e. The van der Waals surface area contributed by atoms with E-state index in [-0.39, 0.29) is 17.4 Å². The number of anilines is 2. The molecule has 7 nitrogen and oxygen atoms in total. The minimum absolute atomic E-state index is 0.141. The number of amides is 1. The van der Waals surface area contributed by atoms with E-state index >= 15 is 0 Å². The van der Waals surface area contributed by atoms with Crippen LogP contribution >= 0.6 is 0 Å². The van der Waals surface area contributed by atoms with Crippen LogP contribution in [-0.2, 0) is 14.8 Å². The van der Waals surface area contributed by atoms with Crippen molar-refractivity contribution in [2.75, 3.05) is 44.0 Å². The van der Waals surface area contributed by atoms with Crippen LogP contribution in [-0.4, -0.2) is 52.4 Å². The minimum atomic E-state index is -3.63. The third-order valence-electron chi connectivity index (χ3n) is 4.52. The second-order valence-corrected chi connectivity index (χ2v) is 8.70. The van der Waals surface area contributed by atoms with E-state index in [1.165, 1.54) is 10.4 Å². The van der Waals surface area contributed by atoms with Crippen molar-refractivity contribution in [3.8, 4) is 5.75 Å². The Balaban J connectivity index is 2.25. The van der Waals surface area contributed by atoms with Crippen molar-refractivity contribution in [1.82, 2.24) is 4.31 Å². The first kappa shape index (κ1) is 22.7. The lowest BCUT2D eigenvalue weighted by molar-refractivity contribution is -0.118. The number of hydrogen-bond acceptors (Lipinski definition) is 5. The molecule has 0 aromatic heterocycles. The number of nitrogens with zero attached hydrogens (tertiary/aromatic N) is 2. The second-order valence-electron chi connectivity index (χ2n) is 6.77. The summed E-state index contributed by atoms with van der Waals surface area (Å²) in [5, 5.41) is 2.78. The Kier molecular flexibility index (Phi) is 7.64. The third kappa shape index (κ3) is 5.48. The molecule has 2 aromatic carbocycles. The lowest BCUT2D eigenvalue weighted by Crippen LogP contribution is -2.31. The van der Waals surface area contributed by atoms with Gasteiger partial charge in [0, 0.05) is 27.2 Å². The highest BCUT2D eigenvalue weighted by atomic mass is 32.2. The summed E-state index contributed by atoms with van der Waals surface area (Å²) < 4.78 is 32.6. The summed E-state index contributed by atoms with van der Waals surface area (Å²) in [5.74, 6) is 0.266. The largest absolute Gasteiger partial charge is 0.483 e. The molecule has 2 rings (SSSR count). The maximum atomic E-state index is 12.8. The van der Waals surface area contributed by atoms with Crippen LogP contribution in [0.15, 0.2) is 47.4 Å². The normalized spacial score (nSPS) is 11.4.